The molecule has 9 heteroatoms. The number of halogens is 9. The van der Waals surface area contributed by atoms with E-state index in [1.54, 1.807) is 0 Å². The van der Waals surface area contributed by atoms with Crippen molar-refractivity contribution in [2.45, 2.75) is 6.43 Å². The zero-order chi connectivity index (χ0) is 14.4. The quantitative estimate of drug-likeness (QED) is 0.230. The summed E-state index contributed by atoms with van der Waals surface area (Å²) in [6.45, 7) is 0. The van der Waals surface area contributed by atoms with Crippen LogP contribution in [0.25, 0.3) is 0 Å². The van der Waals surface area contributed by atoms with Crippen LogP contribution < -0.4 is 0 Å². The summed E-state index contributed by atoms with van der Waals surface area (Å²) in [7, 11) is 0. The van der Waals surface area contributed by atoms with Crippen molar-refractivity contribution >= 4 is 143 Å². The van der Waals surface area contributed by atoms with Crippen molar-refractivity contribution in [3.8, 4) is 0 Å². The third-order valence-corrected chi connectivity index (χ3v) is 5.71. The van der Waals surface area contributed by atoms with Gasteiger partial charge in [-0.25, -0.2) is 0 Å². The molecule has 0 unspecified atom stereocenters. The fourth-order valence-electron chi connectivity index (χ4n) is 1.33. The molecule has 102 valence electrons. The average Bonchev–Trinajstić information content (AvgIpc) is 2.12. The molecule has 0 heterocycles. The second-order valence-corrected chi connectivity index (χ2v) is 23.5. The van der Waals surface area contributed by atoms with Crippen molar-refractivity contribution in [1.82, 2.24) is 0 Å². The van der Waals surface area contributed by atoms with Gasteiger partial charge in [0.25, 0.3) is 0 Å². The maximum absolute atomic E-state index is 3.58. The molecule has 0 fully saturated rings. The standard InChI is InChI=1S/C9H3Br9/c10-7(11,12)4-2-1-3-5(8(13,14)15)6(4)9(16,17)18/h1-3H. The van der Waals surface area contributed by atoms with Crippen LogP contribution in [0.15, 0.2) is 18.2 Å². The molecule has 0 aliphatic heterocycles. The van der Waals surface area contributed by atoms with Crippen molar-refractivity contribution in [3.05, 3.63) is 34.9 Å². The average molecular weight is 830 g/mol. The monoisotopic (exact) mass is 821 g/mol. The molecule has 0 nitrogen and oxygen atoms in total. The minimum absolute atomic E-state index is 0.517. The summed E-state index contributed by atoms with van der Waals surface area (Å²) < 4.78 is -1.59. The summed E-state index contributed by atoms with van der Waals surface area (Å²) in [5.74, 6) is 0. The molecule has 1 rings (SSSR count). The van der Waals surface area contributed by atoms with E-state index in [0.29, 0.717) is 0 Å². The highest BCUT2D eigenvalue weighted by molar-refractivity contribution is 9.39. The topological polar surface area (TPSA) is 0 Å². The van der Waals surface area contributed by atoms with Gasteiger partial charge in [-0.3, -0.25) is 0 Å². The molecule has 0 saturated heterocycles. The molecule has 0 radical (unpaired) electrons. The first-order valence-corrected chi connectivity index (χ1v) is 11.3. The SMILES string of the molecule is BrC(Br)(Br)c1cccc(C(Br)(Br)Br)c1C(Br)(Br)Br. The normalized spacial score (nSPS) is 13.8. The Morgan fingerprint density at radius 2 is 0.889 bits per heavy atom. The van der Waals surface area contributed by atoms with E-state index in [0.717, 1.165) is 16.7 Å². The molecule has 0 N–H and O–H groups in total. The first kappa shape index (κ1) is 19.6. The van der Waals surface area contributed by atoms with Crippen molar-refractivity contribution in [3.63, 3.8) is 0 Å². The number of benzene rings is 1. The third-order valence-electron chi connectivity index (χ3n) is 1.96. The van der Waals surface area contributed by atoms with E-state index < -0.39 is 6.43 Å². The zero-order valence-electron chi connectivity index (χ0n) is 8.13. The van der Waals surface area contributed by atoms with Gasteiger partial charge in [-0.1, -0.05) is 162 Å². The lowest BCUT2D eigenvalue weighted by Crippen LogP contribution is -2.16. The first-order chi connectivity index (χ1) is 7.85. The predicted octanol–water partition coefficient (Wildman–Crippen LogP) is 8.57. The number of alkyl halides is 9. The van der Waals surface area contributed by atoms with Gasteiger partial charge >= 0.3 is 0 Å². The van der Waals surface area contributed by atoms with Crippen LogP contribution in [0.3, 0.4) is 0 Å². The summed E-state index contributed by atoms with van der Waals surface area (Å²) in [6.07, 6.45) is 0. The second-order valence-electron chi connectivity index (χ2n) is 3.22. The molecule has 1 aromatic rings. The molecular formula is C9H3Br9. The third kappa shape index (κ3) is 5.32. The Kier molecular flexibility index (Phi) is 7.59. The van der Waals surface area contributed by atoms with Crippen LogP contribution in [0.1, 0.15) is 16.7 Å². The van der Waals surface area contributed by atoms with Gasteiger partial charge in [0.2, 0.25) is 0 Å². The van der Waals surface area contributed by atoms with Gasteiger partial charge in [-0.2, -0.15) is 0 Å². The van der Waals surface area contributed by atoms with E-state index in [-0.39, 0.29) is 0 Å². The molecule has 0 aromatic heterocycles. The minimum atomic E-state index is -0.556. The van der Waals surface area contributed by atoms with E-state index in [1.165, 1.54) is 0 Å². The lowest BCUT2D eigenvalue weighted by molar-refractivity contribution is 1.16. The van der Waals surface area contributed by atoms with Gasteiger partial charge < -0.3 is 0 Å². The maximum atomic E-state index is 3.58. The molecular weight excluding hydrogens is 827 g/mol. The minimum Gasteiger partial charge on any atom is -0.0615 e. The van der Waals surface area contributed by atoms with E-state index in [2.05, 4.69) is 143 Å². The van der Waals surface area contributed by atoms with E-state index >= 15 is 0 Å². The first-order valence-electron chi connectivity index (χ1n) is 4.19. The van der Waals surface area contributed by atoms with Crippen LogP contribution in [-0.4, -0.2) is 0 Å². The van der Waals surface area contributed by atoms with Crippen LogP contribution in [0.2, 0.25) is 0 Å². The molecule has 0 aliphatic carbocycles. The Hall–Kier alpha value is 3.54. The Balaban J connectivity index is 3.68. The highest BCUT2D eigenvalue weighted by Gasteiger charge is 2.38. The fourth-order valence-corrected chi connectivity index (χ4v) is 4.59. The Bertz CT molecular complexity index is 403. The molecule has 0 saturated carbocycles. The Morgan fingerprint density at radius 1 is 0.556 bits per heavy atom. The zero-order valence-corrected chi connectivity index (χ0v) is 22.4. The number of hydrogen-bond acceptors (Lipinski definition) is 0. The van der Waals surface area contributed by atoms with Crippen LogP contribution in [-0.2, 0) is 6.43 Å². The second kappa shape index (κ2) is 6.97. The molecule has 0 aliphatic rings. The molecule has 0 spiro atoms. The molecule has 1 aromatic carbocycles. The van der Waals surface area contributed by atoms with Crippen molar-refractivity contribution in [2.75, 3.05) is 0 Å². The van der Waals surface area contributed by atoms with E-state index in [4.69, 9.17) is 0 Å². The lowest BCUT2D eigenvalue weighted by atomic mass is 10.0. The van der Waals surface area contributed by atoms with Crippen LogP contribution >= 0.6 is 143 Å². The van der Waals surface area contributed by atoms with Crippen molar-refractivity contribution < 1.29 is 0 Å². The lowest BCUT2D eigenvalue weighted by Gasteiger charge is -2.28. The van der Waals surface area contributed by atoms with Gasteiger partial charge in [0.15, 0.2) is 6.43 Å². The summed E-state index contributed by atoms with van der Waals surface area (Å²) in [5.41, 5.74) is 3.02. The van der Waals surface area contributed by atoms with Gasteiger partial charge in [-0.05, 0) is 11.1 Å². The van der Waals surface area contributed by atoms with Crippen molar-refractivity contribution in [2.24, 2.45) is 0 Å². The summed E-state index contributed by atoms with van der Waals surface area (Å²) in [4.78, 5) is 0. The molecule has 18 heavy (non-hydrogen) atoms. The fraction of sp³-hybridized carbons (Fsp3) is 0.333. The van der Waals surface area contributed by atoms with Crippen LogP contribution in [0.4, 0.5) is 0 Å². The van der Waals surface area contributed by atoms with E-state index in [1.807, 2.05) is 18.2 Å². The highest BCUT2D eigenvalue weighted by atomic mass is 80.0. The van der Waals surface area contributed by atoms with Crippen molar-refractivity contribution in [1.29, 1.82) is 0 Å². The Morgan fingerprint density at radius 3 is 1.11 bits per heavy atom. The highest BCUT2D eigenvalue weighted by Crippen LogP contribution is 2.58. The van der Waals surface area contributed by atoms with Crippen LogP contribution in [0, 0.1) is 0 Å². The Labute approximate surface area is 181 Å². The summed E-state index contributed by atoms with van der Waals surface area (Å²) in [6, 6.07) is 5.99. The predicted molar refractivity (Wildman–Crippen MR) is 112 cm³/mol. The maximum Gasteiger partial charge on any atom is 0.160 e. The molecule has 0 bridgehead atoms. The van der Waals surface area contributed by atoms with E-state index in [9.17, 15) is 0 Å². The largest absolute Gasteiger partial charge is 0.160 e. The van der Waals surface area contributed by atoms with Crippen LogP contribution in [0.5, 0.6) is 0 Å². The number of rotatable bonds is 0. The van der Waals surface area contributed by atoms with Gasteiger partial charge in [0, 0.05) is 5.56 Å². The van der Waals surface area contributed by atoms with Gasteiger partial charge in [0.05, 0.1) is 0 Å². The van der Waals surface area contributed by atoms with Gasteiger partial charge in [-0.15, -0.1) is 0 Å². The molecule has 0 atom stereocenters. The summed E-state index contributed by atoms with van der Waals surface area (Å²) in [5, 5.41) is 0. The van der Waals surface area contributed by atoms with Gasteiger partial charge in [0.1, 0.15) is 0 Å². The number of hydrogen-bond donors (Lipinski definition) is 0. The smallest absolute Gasteiger partial charge is 0.0615 e. The summed E-state index contributed by atoms with van der Waals surface area (Å²) >= 11 is 32.1. The molecule has 0 amide bonds.